The van der Waals surface area contributed by atoms with E-state index in [2.05, 4.69) is 5.32 Å². The van der Waals surface area contributed by atoms with E-state index < -0.39 is 0 Å². The number of anilines is 2. The van der Waals surface area contributed by atoms with E-state index in [0.717, 1.165) is 10.6 Å². The minimum absolute atomic E-state index is 0.00606. The highest BCUT2D eigenvalue weighted by Gasteiger charge is 2.14. The van der Waals surface area contributed by atoms with Crippen LogP contribution in [-0.2, 0) is 4.79 Å². The van der Waals surface area contributed by atoms with Gasteiger partial charge in [0.05, 0.1) is 11.4 Å². The number of benzene rings is 1. The Morgan fingerprint density at radius 2 is 2.29 bits per heavy atom. The van der Waals surface area contributed by atoms with Crippen molar-refractivity contribution in [2.75, 3.05) is 16.8 Å². The number of aromatic hydroxyl groups is 1. The van der Waals surface area contributed by atoms with Gasteiger partial charge in [0.1, 0.15) is 5.75 Å². The lowest BCUT2D eigenvalue weighted by atomic mass is 10.2. The molecule has 74 valence electrons. The summed E-state index contributed by atoms with van der Waals surface area (Å²) in [6.07, 6.45) is 0.486. The summed E-state index contributed by atoms with van der Waals surface area (Å²) in [6.45, 7) is 0. The van der Waals surface area contributed by atoms with E-state index in [1.54, 1.807) is 17.8 Å². The first-order valence-corrected chi connectivity index (χ1v) is 5.20. The van der Waals surface area contributed by atoms with Crippen molar-refractivity contribution in [1.82, 2.24) is 0 Å². The topological polar surface area (TPSA) is 75.3 Å². The predicted octanol–water partition coefficient (Wildman–Crippen LogP) is 1.41. The first-order valence-electron chi connectivity index (χ1n) is 4.22. The molecule has 4 nitrogen and oxygen atoms in total. The van der Waals surface area contributed by atoms with Gasteiger partial charge in [0.25, 0.3) is 0 Å². The van der Waals surface area contributed by atoms with Crippen LogP contribution in [0.15, 0.2) is 17.0 Å². The number of nitrogen functional groups attached to an aromatic ring is 1. The van der Waals surface area contributed by atoms with Gasteiger partial charge in [0.15, 0.2) is 0 Å². The van der Waals surface area contributed by atoms with Crippen LogP contribution in [0.2, 0.25) is 0 Å². The zero-order valence-electron chi connectivity index (χ0n) is 7.41. The van der Waals surface area contributed by atoms with Crippen molar-refractivity contribution in [2.24, 2.45) is 0 Å². The molecular weight excluding hydrogens is 200 g/mol. The quantitative estimate of drug-likeness (QED) is 0.447. The van der Waals surface area contributed by atoms with Crippen LogP contribution in [0.5, 0.6) is 5.75 Å². The first-order chi connectivity index (χ1) is 6.66. The van der Waals surface area contributed by atoms with Crippen molar-refractivity contribution in [3.63, 3.8) is 0 Å². The van der Waals surface area contributed by atoms with E-state index in [1.165, 1.54) is 6.07 Å². The number of carbonyl (C=O) groups excluding carboxylic acids is 1. The monoisotopic (exact) mass is 210 g/mol. The summed E-state index contributed by atoms with van der Waals surface area (Å²) < 4.78 is 0. The number of nitrogens with one attached hydrogen (secondary N) is 1. The number of hydrogen-bond acceptors (Lipinski definition) is 4. The number of rotatable bonds is 0. The largest absolute Gasteiger partial charge is 0.506 e. The summed E-state index contributed by atoms with van der Waals surface area (Å²) in [5.41, 5.74) is 6.54. The van der Waals surface area contributed by atoms with Gasteiger partial charge >= 0.3 is 0 Å². The number of nitrogens with two attached hydrogens (primary N) is 1. The molecule has 0 bridgehead atoms. The van der Waals surface area contributed by atoms with E-state index in [0.29, 0.717) is 17.8 Å². The summed E-state index contributed by atoms with van der Waals surface area (Å²) in [7, 11) is 0. The van der Waals surface area contributed by atoms with Crippen LogP contribution in [0.1, 0.15) is 6.42 Å². The molecule has 4 N–H and O–H groups in total. The van der Waals surface area contributed by atoms with Gasteiger partial charge in [-0.05, 0) is 6.07 Å². The highest BCUT2D eigenvalue weighted by atomic mass is 32.2. The molecule has 1 heterocycles. The van der Waals surface area contributed by atoms with Crippen molar-refractivity contribution in [1.29, 1.82) is 0 Å². The maximum Gasteiger partial charge on any atom is 0.225 e. The molecule has 1 aliphatic rings. The molecule has 5 heteroatoms. The molecular formula is C9H10N2O2S. The van der Waals surface area contributed by atoms with Gasteiger partial charge in [0, 0.05) is 23.1 Å². The molecule has 0 unspecified atom stereocenters. The van der Waals surface area contributed by atoms with Crippen molar-refractivity contribution < 1.29 is 9.90 Å². The Morgan fingerprint density at radius 3 is 3.07 bits per heavy atom. The Labute approximate surface area is 85.5 Å². The molecule has 0 aromatic heterocycles. The number of fused-ring (bicyclic) bond motifs is 1. The van der Waals surface area contributed by atoms with Gasteiger partial charge < -0.3 is 16.2 Å². The van der Waals surface area contributed by atoms with E-state index in [-0.39, 0.29) is 11.7 Å². The summed E-state index contributed by atoms with van der Waals surface area (Å²) in [4.78, 5) is 12.1. The zero-order valence-corrected chi connectivity index (χ0v) is 8.23. The minimum atomic E-state index is -0.0274. The van der Waals surface area contributed by atoms with Gasteiger partial charge in [-0.25, -0.2) is 0 Å². The maximum atomic E-state index is 11.2. The highest BCUT2D eigenvalue weighted by molar-refractivity contribution is 7.99. The maximum absolute atomic E-state index is 11.2. The van der Waals surface area contributed by atoms with Gasteiger partial charge in [-0.3, -0.25) is 4.79 Å². The van der Waals surface area contributed by atoms with Crippen molar-refractivity contribution >= 4 is 29.0 Å². The van der Waals surface area contributed by atoms with E-state index in [1.807, 2.05) is 0 Å². The summed E-state index contributed by atoms with van der Waals surface area (Å²) >= 11 is 1.56. The molecule has 0 aliphatic carbocycles. The first kappa shape index (κ1) is 9.21. The molecule has 0 fully saturated rings. The number of carbonyl (C=O) groups is 1. The number of phenolic OH excluding ortho intramolecular Hbond substituents is 1. The molecule has 1 aromatic rings. The molecule has 0 saturated heterocycles. The van der Waals surface area contributed by atoms with Gasteiger partial charge in [0.2, 0.25) is 5.91 Å². The molecule has 0 radical (unpaired) electrons. The average molecular weight is 210 g/mol. The fourth-order valence-corrected chi connectivity index (χ4v) is 2.25. The van der Waals surface area contributed by atoms with Crippen LogP contribution in [0.25, 0.3) is 0 Å². The number of amides is 1. The summed E-state index contributed by atoms with van der Waals surface area (Å²) in [5, 5.41) is 12.1. The van der Waals surface area contributed by atoms with Crippen molar-refractivity contribution in [3.8, 4) is 5.75 Å². The normalized spacial score (nSPS) is 15.6. The van der Waals surface area contributed by atoms with E-state index in [9.17, 15) is 9.90 Å². The molecule has 0 saturated carbocycles. The third-order valence-corrected chi connectivity index (χ3v) is 3.05. The smallest absolute Gasteiger partial charge is 0.225 e. The average Bonchev–Trinajstić information content (AvgIpc) is 2.28. The third kappa shape index (κ3) is 1.63. The Morgan fingerprint density at radius 1 is 1.50 bits per heavy atom. The van der Waals surface area contributed by atoms with Gasteiger partial charge in [-0.2, -0.15) is 0 Å². The molecule has 14 heavy (non-hydrogen) atoms. The Hall–Kier alpha value is -1.36. The number of thioether (sulfide) groups is 1. The summed E-state index contributed by atoms with van der Waals surface area (Å²) in [5.74, 6) is 0.718. The lowest BCUT2D eigenvalue weighted by Gasteiger charge is -2.08. The Bertz CT molecular complexity index is 393. The van der Waals surface area contributed by atoms with E-state index in [4.69, 9.17) is 5.73 Å². The molecule has 1 amide bonds. The summed E-state index contributed by atoms with van der Waals surface area (Å²) in [6, 6.07) is 3.17. The second-order valence-electron chi connectivity index (χ2n) is 3.05. The minimum Gasteiger partial charge on any atom is -0.506 e. The van der Waals surface area contributed by atoms with Gasteiger partial charge in [-0.1, -0.05) is 0 Å². The second kappa shape index (κ2) is 3.42. The molecule has 1 aliphatic heterocycles. The predicted molar refractivity (Wildman–Crippen MR) is 56.5 cm³/mol. The Balaban J connectivity index is 2.46. The fourth-order valence-electron chi connectivity index (χ4n) is 1.27. The molecule has 0 spiro atoms. The molecule has 0 atom stereocenters. The van der Waals surface area contributed by atoms with Crippen molar-refractivity contribution in [3.05, 3.63) is 12.1 Å². The SMILES string of the molecule is Nc1cc2c(cc1O)NC(=O)CCS2. The van der Waals surface area contributed by atoms with E-state index >= 15 is 0 Å². The van der Waals surface area contributed by atoms with Crippen LogP contribution in [-0.4, -0.2) is 16.8 Å². The fraction of sp³-hybridized carbons (Fsp3) is 0.222. The lowest BCUT2D eigenvalue weighted by Crippen LogP contribution is -2.10. The molecule has 1 aromatic carbocycles. The third-order valence-electron chi connectivity index (χ3n) is 1.99. The standard InChI is InChI=1S/C9H10N2O2S/c10-5-3-8-6(4-7(5)12)11-9(13)1-2-14-8/h3-4,12H,1-2,10H2,(H,11,13). The van der Waals surface area contributed by atoms with Crippen LogP contribution >= 0.6 is 11.8 Å². The van der Waals surface area contributed by atoms with Gasteiger partial charge in [-0.15, -0.1) is 11.8 Å². The van der Waals surface area contributed by atoms with Crippen LogP contribution in [0.4, 0.5) is 11.4 Å². The van der Waals surface area contributed by atoms with Crippen molar-refractivity contribution in [2.45, 2.75) is 11.3 Å². The van der Waals surface area contributed by atoms with Crippen LogP contribution < -0.4 is 11.1 Å². The second-order valence-corrected chi connectivity index (χ2v) is 4.19. The lowest BCUT2D eigenvalue weighted by molar-refractivity contribution is -0.115. The van der Waals surface area contributed by atoms with Crippen LogP contribution in [0, 0.1) is 0 Å². The number of hydrogen-bond donors (Lipinski definition) is 3. The zero-order chi connectivity index (χ0) is 10.1. The Kier molecular flexibility index (Phi) is 2.25. The highest BCUT2D eigenvalue weighted by Crippen LogP contribution is 2.36. The molecule has 2 rings (SSSR count). The number of phenols is 1. The van der Waals surface area contributed by atoms with Crippen LogP contribution in [0.3, 0.4) is 0 Å².